The molecule has 0 bridgehead atoms. The van der Waals surface area contributed by atoms with Gasteiger partial charge in [0.25, 0.3) is 5.56 Å². The summed E-state index contributed by atoms with van der Waals surface area (Å²) in [6.45, 7) is 0. The van der Waals surface area contributed by atoms with Gasteiger partial charge in [0, 0.05) is 24.8 Å². The van der Waals surface area contributed by atoms with Gasteiger partial charge in [0.1, 0.15) is 0 Å². The lowest BCUT2D eigenvalue weighted by molar-refractivity contribution is 0.248. The SMILES string of the molecule is Cn1c(=O)c2ccc(NC(=O)NC3CCc4c(Cl)cccc43)cc2n(C)c1=O. The van der Waals surface area contributed by atoms with Crippen LogP contribution in [0.15, 0.2) is 46.0 Å². The Hall–Kier alpha value is -3.06. The molecule has 1 atom stereocenters. The van der Waals surface area contributed by atoms with Crippen LogP contribution in [0.5, 0.6) is 0 Å². The van der Waals surface area contributed by atoms with Gasteiger partial charge in [-0.1, -0.05) is 23.7 Å². The van der Waals surface area contributed by atoms with Gasteiger partial charge in [-0.05, 0) is 48.2 Å². The van der Waals surface area contributed by atoms with Crippen molar-refractivity contribution in [3.05, 3.63) is 73.4 Å². The molecular formula is C20H19ClN4O3. The maximum atomic E-state index is 12.5. The zero-order valence-corrected chi connectivity index (χ0v) is 16.2. The minimum absolute atomic E-state index is 0.106. The Balaban J connectivity index is 1.58. The number of fused-ring (bicyclic) bond motifs is 2. The lowest BCUT2D eigenvalue weighted by Gasteiger charge is -2.16. The van der Waals surface area contributed by atoms with Crippen LogP contribution < -0.4 is 21.9 Å². The Morgan fingerprint density at radius 3 is 2.71 bits per heavy atom. The molecule has 0 spiro atoms. The standard InChI is InChI=1S/C20H19ClN4O3/c1-24-17-10-11(6-7-14(17)18(26)25(2)20(24)28)22-19(27)23-16-9-8-12-13(16)4-3-5-15(12)21/h3-7,10,16H,8-9H2,1-2H3,(H2,22,23,27). The Morgan fingerprint density at radius 1 is 1.14 bits per heavy atom. The molecule has 0 saturated carbocycles. The Morgan fingerprint density at radius 2 is 1.93 bits per heavy atom. The number of anilines is 1. The summed E-state index contributed by atoms with van der Waals surface area (Å²) in [5.74, 6) is 0. The minimum atomic E-state index is -0.418. The van der Waals surface area contributed by atoms with Crippen LogP contribution in [0.3, 0.4) is 0 Å². The number of rotatable bonds is 2. The van der Waals surface area contributed by atoms with E-state index in [1.54, 1.807) is 25.2 Å². The average molecular weight is 399 g/mol. The van der Waals surface area contributed by atoms with Crippen LogP contribution in [0.2, 0.25) is 5.02 Å². The second-order valence-corrected chi connectivity index (χ2v) is 7.34. The largest absolute Gasteiger partial charge is 0.331 e. The summed E-state index contributed by atoms with van der Waals surface area (Å²) in [4.78, 5) is 36.9. The molecule has 0 fully saturated rings. The number of aryl methyl sites for hydroxylation is 1. The fourth-order valence-corrected chi connectivity index (χ4v) is 4.02. The topological polar surface area (TPSA) is 85.1 Å². The molecule has 1 aliphatic rings. The molecule has 0 saturated heterocycles. The molecule has 0 radical (unpaired) electrons. The van der Waals surface area contributed by atoms with Crippen molar-refractivity contribution >= 4 is 34.2 Å². The highest BCUT2D eigenvalue weighted by Gasteiger charge is 2.25. The van der Waals surface area contributed by atoms with E-state index in [9.17, 15) is 14.4 Å². The first-order chi connectivity index (χ1) is 13.4. The molecule has 144 valence electrons. The molecule has 1 aliphatic carbocycles. The van der Waals surface area contributed by atoms with Crippen LogP contribution in [0, 0.1) is 0 Å². The van der Waals surface area contributed by atoms with Gasteiger partial charge in [0.15, 0.2) is 0 Å². The van der Waals surface area contributed by atoms with Gasteiger partial charge < -0.3 is 10.6 Å². The molecular weight excluding hydrogens is 380 g/mol. The lowest BCUT2D eigenvalue weighted by atomic mass is 10.1. The van der Waals surface area contributed by atoms with Gasteiger partial charge in [-0.2, -0.15) is 0 Å². The monoisotopic (exact) mass is 398 g/mol. The number of nitrogens with one attached hydrogen (secondary N) is 2. The van der Waals surface area contributed by atoms with Gasteiger partial charge in [0.05, 0.1) is 16.9 Å². The van der Waals surface area contributed by atoms with Gasteiger partial charge in [-0.3, -0.25) is 13.9 Å². The van der Waals surface area contributed by atoms with E-state index in [2.05, 4.69) is 10.6 Å². The summed E-state index contributed by atoms with van der Waals surface area (Å²) < 4.78 is 2.44. The normalized spacial score (nSPS) is 15.5. The predicted molar refractivity (Wildman–Crippen MR) is 109 cm³/mol. The minimum Gasteiger partial charge on any atom is -0.331 e. The third-order valence-electron chi connectivity index (χ3n) is 5.24. The summed E-state index contributed by atoms with van der Waals surface area (Å²) in [6.07, 6.45) is 1.61. The first-order valence-corrected chi connectivity index (χ1v) is 9.29. The lowest BCUT2D eigenvalue weighted by Crippen LogP contribution is -2.37. The molecule has 8 heteroatoms. The molecule has 2 amide bonds. The third-order valence-corrected chi connectivity index (χ3v) is 5.60. The quantitative estimate of drug-likeness (QED) is 0.696. The Labute approximate surface area is 165 Å². The van der Waals surface area contributed by atoms with E-state index in [1.807, 2.05) is 18.2 Å². The van der Waals surface area contributed by atoms with Gasteiger partial charge >= 0.3 is 11.7 Å². The molecule has 1 aromatic heterocycles. The van der Waals surface area contributed by atoms with E-state index in [4.69, 9.17) is 11.6 Å². The highest BCUT2D eigenvalue weighted by molar-refractivity contribution is 6.31. The van der Waals surface area contributed by atoms with E-state index in [-0.39, 0.29) is 17.6 Å². The summed E-state index contributed by atoms with van der Waals surface area (Å²) in [6, 6.07) is 10.1. The fraction of sp³-hybridized carbons (Fsp3) is 0.250. The number of hydrogen-bond acceptors (Lipinski definition) is 3. The molecule has 28 heavy (non-hydrogen) atoms. The predicted octanol–water partition coefficient (Wildman–Crippen LogP) is 2.70. The maximum absolute atomic E-state index is 12.5. The number of hydrogen-bond donors (Lipinski definition) is 2. The van der Waals surface area contributed by atoms with Crippen LogP contribution in [0.1, 0.15) is 23.6 Å². The molecule has 4 rings (SSSR count). The second kappa shape index (κ2) is 6.83. The zero-order valence-electron chi connectivity index (χ0n) is 15.5. The summed E-state index contributed by atoms with van der Waals surface area (Å²) >= 11 is 6.22. The molecule has 7 nitrogen and oxygen atoms in total. The molecule has 2 N–H and O–H groups in total. The summed E-state index contributed by atoms with van der Waals surface area (Å²) in [5.41, 5.74) is 2.28. The Bertz CT molecular complexity index is 1230. The van der Waals surface area contributed by atoms with Crippen molar-refractivity contribution in [2.45, 2.75) is 18.9 Å². The van der Waals surface area contributed by atoms with E-state index < -0.39 is 5.69 Å². The zero-order chi connectivity index (χ0) is 20.0. The van der Waals surface area contributed by atoms with Crippen molar-refractivity contribution < 1.29 is 4.79 Å². The molecule has 2 aromatic carbocycles. The number of aromatic nitrogens is 2. The number of carbonyl (C=O) groups is 1. The van der Waals surface area contributed by atoms with Crippen molar-refractivity contribution in [1.82, 2.24) is 14.5 Å². The highest BCUT2D eigenvalue weighted by atomic mass is 35.5. The van der Waals surface area contributed by atoms with E-state index in [0.29, 0.717) is 16.6 Å². The molecule has 1 unspecified atom stereocenters. The maximum Gasteiger partial charge on any atom is 0.330 e. The van der Waals surface area contributed by atoms with Crippen molar-refractivity contribution in [3.8, 4) is 0 Å². The number of benzene rings is 2. The fourth-order valence-electron chi connectivity index (χ4n) is 3.75. The van der Waals surface area contributed by atoms with Crippen LogP contribution in [0.4, 0.5) is 10.5 Å². The second-order valence-electron chi connectivity index (χ2n) is 6.94. The molecule has 1 heterocycles. The average Bonchev–Trinajstić information content (AvgIpc) is 3.08. The number of nitrogens with zero attached hydrogens (tertiary/aromatic N) is 2. The third kappa shape index (κ3) is 2.97. The van der Waals surface area contributed by atoms with Crippen molar-refractivity contribution in [1.29, 1.82) is 0 Å². The van der Waals surface area contributed by atoms with Gasteiger partial charge in [0.2, 0.25) is 0 Å². The van der Waals surface area contributed by atoms with E-state index in [1.165, 1.54) is 11.6 Å². The van der Waals surface area contributed by atoms with Crippen LogP contribution in [-0.4, -0.2) is 15.2 Å². The first-order valence-electron chi connectivity index (χ1n) is 8.91. The highest BCUT2D eigenvalue weighted by Crippen LogP contribution is 2.35. The van der Waals surface area contributed by atoms with Crippen molar-refractivity contribution in [3.63, 3.8) is 0 Å². The van der Waals surface area contributed by atoms with Crippen LogP contribution >= 0.6 is 11.6 Å². The smallest absolute Gasteiger partial charge is 0.330 e. The van der Waals surface area contributed by atoms with Gasteiger partial charge in [-0.25, -0.2) is 9.59 Å². The molecule has 3 aromatic rings. The molecule has 0 aliphatic heterocycles. The van der Waals surface area contributed by atoms with Crippen molar-refractivity contribution in [2.24, 2.45) is 14.1 Å². The number of carbonyl (C=O) groups excluding carboxylic acids is 1. The number of urea groups is 1. The number of halogens is 1. The van der Waals surface area contributed by atoms with Crippen LogP contribution in [-0.2, 0) is 20.5 Å². The van der Waals surface area contributed by atoms with Crippen LogP contribution in [0.25, 0.3) is 10.9 Å². The Kier molecular flexibility index (Phi) is 4.47. The summed E-state index contributed by atoms with van der Waals surface area (Å²) in [5, 5.41) is 6.88. The number of amides is 2. The van der Waals surface area contributed by atoms with E-state index in [0.717, 1.165) is 33.6 Å². The van der Waals surface area contributed by atoms with Crippen molar-refractivity contribution in [2.75, 3.05) is 5.32 Å². The first kappa shape index (κ1) is 18.3. The summed E-state index contributed by atoms with van der Waals surface area (Å²) in [7, 11) is 3.03. The van der Waals surface area contributed by atoms with E-state index >= 15 is 0 Å². The van der Waals surface area contributed by atoms with Gasteiger partial charge in [-0.15, -0.1) is 0 Å².